The lowest BCUT2D eigenvalue weighted by Gasteiger charge is -2.10. The van der Waals surface area contributed by atoms with Crippen molar-refractivity contribution in [1.29, 1.82) is 0 Å². The molecule has 3 aromatic rings. The molecular formula is C19H21Cl2N5O. The molecule has 142 valence electrons. The molecule has 0 saturated heterocycles. The standard InChI is InChI=1S/C19H21Cl2N5O/c1-4-25-17(16(20)9-23-25)10-22-19(27)15-7-5-6-14(8-15)11-26-13(3)18(21)12(2)24-26/h5-9H,4,10-11H2,1-3H3,(H,22,27). The largest absolute Gasteiger partial charge is 0.346 e. The van der Waals surface area contributed by atoms with Crippen LogP contribution in [0.5, 0.6) is 0 Å². The van der Waals surface area contributed by atoms with Gasteiger partial charge in [-0.3, -0.25) is 14.2 Å². The lowest BCUT2D eigenvalue weighted by atomic mass is 10.1. The SMILES string of the molecule is CCn1ncc(Cl)c1CNC(=O)c1cccc(Cn2nc(C)c(Cl)c2C)c1. The molecule has 0 aliphatic carbocycles. The second kappa shape index (κ2) is 8.15. The summed E-state index contributed by atoms with van der Waals surface area (Å²) in [7, 11) is 0. The predicted octanol–water partition coefficient (Wildman–Crippen LogP) is 4.00. The zero-order valence-corrected chi connectivity index (χ0v) is 17.0. The van der Waals surface area contributed by atoms with Gasteiger partial charge in [-0.2, -0.15) is 10.2 Å². The highest BCUT2D eigenvalue weighted by Crippen LogP contribution is 2.20. The minimum absolute atomic E-state index is 0.164. The predicted molar refractivity (Wildman–Crippen MR) is 106 cm³/mol. The number of amides is 1. The summed E-state index contributed by atoms with van der Waals surface area (Å²) in [4.78, 5) is 12.6. The minimum atomic E-state index is -0.164. The smallest absolute Gasteiger partial charge is 0.251 e. The molecule has 6 nitrogen and oxygen atoms in total. The van der Waals surface area contributed by atoms with Crippen LogP contribution < -0.4 is 5.32 Å². The van der Waals surface area contributed by atoms with Gasteiger partial charge in [-0.15, -0.1) is 0 Å². The van der Waals surface area contributed by atoms with Gasteiger partial charge < -0.3 is 5.32 Å². The van der Waals surface area contributed by atoms with Gasteiger partial charge in [0.15, 0.2) is 0 Å². The second-order valence-electron chi connectivity index (χ2n) is 6.28. The Morgan fingerprint density at radius 3 is 2.67 bits per heavy atom. The first-order chi connectivity index (χ1) is 12.9. The van der Waals surface area contributed by atoms with Crippen LogP contribution in [0.25, 0.3) is 0 Å². The van der Waals surface area contributed by atoms with Gasteiger partial charge in [0.05, 0.1) is 46.4 Å². The highest BCUT2D eigenvalue weighted by atomic mass is 35.5. The summed E-state index contributed by atoms with van der Waals surface area (Å²) in [5, 5.41) is 12.7. The van der Waals surface area contributed by atoms with Crippen LogP contribution in [-0.4, -0.2) is 25.5 Å². The summed E-state index contributed by atoms with van der Waals surface area (Å²) in [6.45, 7) is 7.35. The number of nitrogens with zero attached hydrogens (tertiary/aromatic N) is 4. The Morgan fingerprint density at radius 1 is 1.22 bits per heavy atom. The molecule has 0 spiro atoms. The monoisotopic (exact) mass is 405 g/mol. The lowest BCUT2D eigenvalue weighted by Crippen LogP contribution is -2.24. The van der Waals surface area contributed by atoms with Crippen molar-refractivity contribution in [3.8, 4) is 0 Å². The number of benzene rings is 1. The van der Waals surface area contributed by atoms with Gasteiger partial charge in [-0.1, -0.05) is 35.3 Å². The van der Waals surface area contributed by atoms with E-state index in [-0.39, 0.29) is 5.91 Å². The average molecular weight is 406 g/mol. The Bertz CT molecular complexity index is 977. The Hall–Kier alpha value is -2.31. The molecule has 0 aliphatic rings. The fraction of sp³-hybridized carbons (Fsp3) is 0.316. The summed E-state index contributed by atoms with van der Waals surface area (Å²) >= 11 is 12.4. The van der Waals surface area contributed by atoms with Crippen molar-refractivity contribution in [2.24, 2.45) is 0 Å². The third-order valence-electron chi connectivity index (χ3n) is 4.43. The van der Waals surface area contributed by atoms with Gasteiger partial charge in [-0.05, 0) is 38.5 Å². The number of carbonyl (C=O) groups excluding carboxylic acids is 1. The average Bonchev–Trinajstić information content (AvgIpc) is 3.14. The molecule has 2 heterocycles. The van der Waals surface area contributed by atoms with Crippen molar-refractivity contribution >= 4 is 29.1 Å². The van der Waals surface area contributed by atoms with Gasteiger partial charge in [0.2, 0.25) is 0 Å². The zero-order valence-electron chi connectivity index (χ0n) is 15.5. The maximum Gasteiger partial charge on any atom is 0.251 e. The third-order valence-corrected chi connectivity index (χ3v) is 5.29. The zero-order chi connectivity index (χ0) is 19.6. The molecule has 0 atom stereocenters. The molecule has 27 heavy (non-hydrogen) atoms. The third kappa shape index (κ3) is 4.17. The first-order valence-electron chi connectivity index (χ1n) is 8.67. The van der Waals surface area contributed by atoms with E-state index in [9.17, 15) is 4.79 Å². The van der Waals surface area contributed by atoms with E-state index in [4.69, 9.17) is 23.2 Å². The van der Waals surface area contributed by atoms with Crippen LogP contribution in [0, 0.1) is 13.8 Å². The molecule has 0 bridgehead atoms. The van der Waals surface area contributed by atoms with Gasteiger partial charge in [-0.25, -0.2) is 0 Å². The number of hydrogen-bond acceptors (Lipinski definition) is 3. The van der Waals surface area contributed by atoms with Crippen molar-refractivity contribution in [3.63, 3.8) is 0 Å². The fourth-order valence-electron chi connectivity index (χ4n) is 2.92. The van der Waals surface area contributed by atoms with Crippen LogP contribution in [0.2, 0.25) is 10.0 Å². The molecular weight excluding hydrogens is 385 g/mol. The Kier molecular flexibility index (Phi) is 5.87. The number of rotatable bonds is 6. The van der Waals surface area contributed by atoms with Crippen LogP contribution in [0.3, 0.4) is 0 Å². The van der Waals surface area contributed by atoms with Gasteiger partial charge in [0, 0.05) is 12.1 Å². The van der Waals surface area contributed by atoms with E-state index in [1.165, 1.54) is 0 Å². The quantitative estimate of drug-likeness (QED) is 0.673. The van der Waals surface area contributed by atoms with Crippen molar-refractivity contribution < 1.29 is 4.79 Å². The van der Waals surface area contributed by atoms with E-state index in [0.717, 1.165) is 22.6 Å². The molecule has 8 heteroatoms. The number of carbonyl (C=O) groups is 1. The van der Waals surface area contributed by atoms with E-state index in [0.29, 0.717) is 35.2 Å². The molecule has 0 aliphatic heterocycles. The van der Waals surface area contributed by atoms with E-state index in [1.54, 1.807) is 16.9 Å². The fourth-order valence-corrected chi connectivity index (χ4v) is 3.26. The minimum Gasteiger partial charge on any atom is -0.346 e. The molecule has 0 saturated carbocycles. The summed E-state index contributed by atoms with van der Waals surface area (Å²) < 4.78 is 3.61. The van der Waals surface area contributed by atoms with Crippen molar-refractivity contribution in [3.05, 3.63) is 68.7 Å². The molecule has 1 N–H and O–H groups in total. The Morgan fingerprint density at radius 2 is 2.00 bits per heavy atom. The normalized spacial score (nSPS) is 11.0. The molecule has 0 fully saturated rings. The summed E-state index contributed by atoms with van der Waals surface area (Å²) in [5.41, 5.74) is 4.06. The number of aryl methyl sites for hydroxylation is 2. The van der Waals surface area contributed by atoms with Crippen LogP contribution in [0.4, 0.5) is 0 Å². The van der Waals surface area contributed by atoms with Gasteiger partial charge >= 0.3 is 0 Å². The Labute approximate surface area is 168 Å². The number of hydrogen-bond donors (Lipinski definition) is 1. The number of halogens is 2. The number of aromatic nitrogens is 4. The van der Waals surface area contributed by atoms with Gasteiger partial charge in [0.25, 0.3) is 5.91 Å². The molecule has 0 unspecified atom stereocenters. The first-order valence-corrected chi connectivity index (χ1v) is 9.43. The summed E-state index contributed by atoms with van der Waals surface area (Å²) in [5.74, 6) is -0.164. The molecule has 1 aromatic carbocycles. The lowest BCUT2D eigenvalue weighted by molar-refractivity contribution is 0.0950. The van der Waals surface area contributed by atoms with Crippen molar-refractivity contribution in [1.82, 2.24) is 24.9 Å². The van der Waals surface area contributed by atoms with E-state index < -0.39 is 0 Å². The van der Waals surface area contributed by atoms with Crippen molar-refractivity contribution in [2.45, 2.75) is 40.4 Å². The molecule has 3 rings (SSSR count). The van der Waals surface area contributed by atoms with Crippen LogP contribution in [0.1, 0.15) is 39.9 Å². The van der Waals surface area contributed by atoms with Crippen LogP contribution in [0.15, 0.2) is 30.5 Å². The topological polar surface area (TPSA) is 64.7 Å². The van der Waals surface area contributed by atoms with E-state index in [2.05, 4.69) is 15.5 Å². The Balaban J connectivity index is 1.72. The van der Waals surface area contributed by atoms with Crippen LogP contribution in [-0.2, 0) is 19.6 Å². The highest BCUT2D eigenvalue weighted by Gasteiger charge is 2.13. The van der Waals surface area contributed by atoms with E-state index in [1.807, 2.05) is 43.7 Å². The molecule has 0 radical (unpaired) electrons. The maximum atomic E-state index is 12.6. The highest BCUT2D eigenvalue weighted by molar-refractivity contribution is 6.31. The van der Waals surface area contributed by atoms with Gasteiger partial charge in [0.1, 0.15) is 0 Å². The second-order valence-corrected chi connectivity index (χ2v) is 7.07. The van der Waals surface area contributed by atoms with Crippen molar-refractivity contribution in [2.75, 3.05) is 0 Å². The first kappa shape index (κ1) is 19.5. The summed E-state index contributed by atoms with van der Waals surface area (Å²) in [6, 6.07) is 7.47. The van der Waals surface area contributed by atoms with Crippen LogP contribution >= 0.6 is 23.2 Å². The molecule has 2 aromatic heterocycles. The van der Waals surface area contributed by atoms with E-state index >= 15 is 0 Å². The number of nitrogens with one attached hydrogen (secondary N) is 1. The summed E-state index contributed by atoms with van der Waals surface area (Å²) in [6.07, 6.45) is 1.59. The maximum absolute atomic E-state index is 12.6. The molecule has 1 amide bonds.